The van der Waals surface area contributed by atoms with Crippen LogP contribution in [0.5, 0.6) is 0 Å². The summed E-state index contributed by atoms with van der Waals surface area (Å²) in [7, 11) is -4.23. The van der Waals surface area contributed by atoms with Crippen LogP contribution in [0.3, 0.4) is 0 Å². The van der Waals surface area contributed by atoms with Gasteiger partial charge in [0.25, 0.3) is 5.91 Å². The molecule has 1 unspecified atom stereocenters. The Balaban J connectivity index is 1.36. The molecule has 1 amide bonds. The minimum Gasteiger partial charge on any atom is -0.368 e. The molecule has 4 fully saturated rings. The Kier molecular flexibility index (Phi) is 5.32. The lowest BCUT2D eigenvalue weighted by Gasteiger charge is -2.34. The summed E-state index contributed by atoms with van der Waals surface area (Å²) < 4.78 is 64.3. The average molecular weight is 503 g/mol. The van der Waals surface area contributed by atoms with Gasteiger partial charge in [-0.15, -0.1) is 0 Å². The SMILES string of the molecule is O=C(C1CCO1)N1CC2(CC2)[C@H](NS(=O)(=O)C2(F)CC2)[C@@H]1Cc1cccc(-c2ccccc2)c1F. The van der Waals surface area contributed by atoms with Gasteiger partial charge in [-0.1, -0.05) is 48.5 Å². The number of nitrogens with zero attached hydrogens (tertiary/aromatic N) is 1. The Bertz CT molecular complexity index is 1260. The summed E-state index contributed by atoms with van der Waals surface area (Å²) in [5, 5.41) is -2.25. The third-order valence-corrected chi connectivity index (χ3v) is 10.0. The number of likely N-dealkylation sites (tertiary alicyclic amines) is 1. The number of amides is 1. The summed E-state index contributed by atoms with van der Waals surface area (Å²) in [4.78, 5) is 15.0. The lowest BCUT2D eigenvalue weighted by Crippen LogP contribution is -2.54. The average Bonchev–Trinajstić information content (AvgIpc) is 3.72. The van der Waals surface area contributed by atoms with Crippen LogP contribution in [-0.2, 0) is 26.0 Å². The van der Waals surface area contributed by atoms with Gasteiger partial charge in [-0.25, -0.2) is 21.9 Å². The maximum absolute atomic E-state index is 15.7. The Labute approximate surface area is 203 Å². The first-order chi connectivity index (χ1) is 16.7. The first-order valence-corrected chi connectivity index (χ1v) is 13.7. The van der Waals surface area contributed by atoms with Crippen molar-refractivity contribution in [3.8, 4) is 11.1 Å². The number of hydrogen-bond donors (Lipinski definition) is 1. The Morgan fingerprint density at radius 1 is 1.09 bits per heavy atom. The molecule has 4 aliphatic rings. The van der Waals surface area contributed by atoms with E-state index in [2.05, 4.69) is 4.72 Å². The van der Waals surface area contributed by atoms with Crippen molar-refractivity contribution in [2.24, 2.45) is 5.41 Å². The van der Waals surface area contributed by atoms with E-state index in [1.807, 2.05) is 30.3 Å². The van der Waals surface area contributed by atoms with E-state index in [0.29, 0.717) is 30.7 Å². The molecule has 1 N–H and O–H groups in total. The number of halogens is 2. The van der Waals surface area contributed by atoms with Gasteiger partial charge in [0, 0.05) is 42.8 Å². The van der Waals surface area contributed by atoms with Gasteiger partial charge in [0.05, 0.1) is 12.6 Å². The molecular formula is C26H28F2N2O4S. The summed E-state index contributed by atoms with van der Waals surface area (Å²) in [6, 6.07) is 13.0. The molecule has 2 aliphatic carbocycles. The predicted molar refractivity (Wildman–Crippen MR) is 126 cm³/mol. The van der Waals surface area contributed by atoms with E-state index in [9.17, 15) is 17.6 Å². The highest BCUT2D eigenvalue weighted by Gasteiger charge is 2.65. The van der Waals surface area contributed by atoms with Crippen LogP contribution in [0.2, 0.25) is 0 Å². The van der Waals surface area contributed by atoms with Crippen molar-refractivity contribution in [3.63, 3.8) is 0 Å². The van der Waals surface area contributed by atoms with Gasteiger partial charge in [-0.3, -0.25) is 4.79 Å². The fourth-order valence-corrected chi connectivity index (χ4v) is 7.10. The van der Waals surface area contributed by atoms with Crippen molar-refractivity contribution < 1.29 is 26.7 Å². The van der Waals surface area contributed by atoms with Gasteiger partial charge in [-0.05, 0) is 30.4 Å². The smallest absolute Gasteiger partial charge is 0.252 e. The molecule has 0 bridgehead atoms. The van der Waals surface area contributed by atoms with Gasteiger partial charge < -0.3 is 9.64 Å². The molecule has 35 heavy (non-hydrogen) atoms. The zero-order chi connectivity index (χ0) is 24.4. The van der Waals surface area contributed by atoms with Crippen LogP contribution in [-0.4, -0.2) is 55.6 Å². The first kappa shape index (κ1) is 23.1. The lowest BCUT2D eigenvalue weighted by atomic mass is 9.91. The quantitative estimate of drug-likeness (QED) is 0.628. The maximum atomic E-state index is 15.7. The summed E-state index contributed by atoms with van der Waals surface area (Å²) in [6.45, 7) is 0.872. The highest BCUT2D eigenvalue weighted by Crippen LogP contribution is 2.57. The number of carbonyl (C=O) groups is 1. The van der Waals surface area contributed by atoms with E-state index < -0.39 is 44.4 Å². The fourth-order valence-electron chi connectivity index (χ4n) is 5.50. The number of nitrogens with one attached hydrogen (secondary N) is 1. The maximum Gasteiger partial charge on any atom is 0.252 e. The number of benzene rings is 2. The number of sulfonamides is 1. The van der Waals surface area contributed by atoms with Crippen LogP contribution < -0.4 is 4.72 Å². The minimum absolute atomic E-state index is 0.0287. The van der Waals surface area contributed by atoms with Gasteiger partial charge in [0.15, 0.2) is 0 Å². The van der Waals surface area contributed by atoms with Gasteiger partial charge in [-0.2, -0.15) is 0 Å². The minimum atomic E-state index is -4.23. The molecule has 2 saturated heterocycles. The summed E-state index contributed by atoms with van der Waals surface area (Å²) >= 11 is 0. The zero-order valence-electron chi connectivity index (χ0n) is 19.3. The molecule has 2 heterocycles. The Morgan fingerprint density at radius 3 is 2.40 bits per heavy atom. The van der Waals surface area contributed by atoms with Crippen LogP contribution in [0, 0.1) is 11.2 Å². The summed E-state index contributed by atoms with van der Waals surface area (Å²) in [6.07, 6.45) is 1.59. The molecular weight excluding hydrogens is 474 g/mol. The number of rotatable bonds is 7. The molecule has 2 aromatic rings. The third-order valence-electron chi connectivity index (χ3n) is 8.08. The highest BCUT2D eigenvalue weighted by atomic mass is 32.2. The predicted octanol–water partition coefficient (Wildman–Crippen LogP) is 3.56. The number of alkyl halides is 1. The molecule has 2 saturated carbocycles. The molecule has 9 heteroatoms. The van der Waals surface area contributed by atoms with Gasteiger partial charge >= 0.3 is 0 Å². The molecule has 186 valence electrons. The summed E-state index contributed by atoms with van der Waals surface area (Å²) in [5.74, 6) is -0.594. The Hall–Kier alpha value is -2.36. The van der Waals surface area contributed by atoms with E-state index in [-0.39, 0.29) is 25.2 Å². The molecule has 6 rings (SSSR count). The van der Waals surface area contributed by atoms with Gasteiger partial charge in [0.1, 0.15) is 11.9 Å². The molecule has 0 radical (unpaired) electrons. The van der Waals surface area contributed by atoms with E-state index in [4.69, 9.17) is 4.74 Å². The van der Waals surface area contributed by atoms with Crippen LogP contribution in [0.15, 0.2) is 48.5 Å². The van der Waals surface area contributed by atoms with Crippen molar-refractivity contribution >= 4 is 15.9 Å². The molecule has 2 aromatic carbocycles. The largest absolute Gasteiger partial charge is 0.368 e. The zero-order valence-corrected chi connectivity index (χ0v) is 20.1. The second-order valence-corrected chi connectivity index (χ2v) is 12.3. The van der Waals surface area contributed by atoms with Crippen molar-refractivity contribution in [2.45, 2.75) is 61.7 Å². The number of hydrogen-bond acceptors (Lipinski definition) is 4. The normalized spacial score (nSPS) is 28.1. The topological polar surface area (TPSA) is 75.7 Å². The second-order valence-electron chi connectivity index (χ2n) is 10.4. The Morgan fingerprint density at radius 2 is 1.80 bits per heavy atom. The second kappa shape index (κ2) is 8.08. The van der Waals surface area contributed by atoms with E-state index in [1.54, 1.807) is 23.1 Å². The van der Waals surface area contributed by atoms with E-state index >= 15 is 4.39 Å². The molecule has 3 atom stereocenters. The van der Waals surface area contributed by atoms with Crippen molar-refractivity contribution in [3.05, 3.63) is 59.9 Å². The number of carbonyl (C=O) groups excluding carboxylic acids is 1. The fraction of sp³-hybridized carbons (Fsp3) is 0.500. The van der Waals surface area contributed by atoms with E-state index in [1.165, 1.54) is 0 Å². The monoisotopic (exact) mass is 502 g/mol. The molecule has 2 aliphatic heterocycles. The molecule has 1 spiro atoms. The summed E-state index contributed by atoms with van der Waals surface area (Å²) in [5.41, 5.74) is 1.13. The number of ether oxygens (including phenoxy) is 1. The van der Waals surface area contributed by atoms with Crippen molar-refractivity contribution in [1.29, 1.82) is 0 Å². The standard InChI is InChI=1S/C26H28F2N2O4S/c27-22-18(7-4-8-19(22)17-5-2-1-3-6-17)15-20-23(29-35(32,33)26(28)12-13-26)25(10-11-25)16-30(20)24(31)21-9-14-34-21/h1-8,20-21,23,29H,9-16H2/t20-,21?,23+/m0/s1. The highest BCUT2D eigenvalue weighted by molar-refractivity contribution is 7.91. The van der Waals surface area contributed by atoms with Gasteiger partial charge in [0.2, 0.25) is 15.0 Å². The first-order valence-electron chi connectivity index (χ1n) is 12.2. The van der Waals surface area contributed by atoms with Crippen LogP contribution in [0.25, 0.3) is 11.1 Å². The lowest BCUT2D eigenvalue weighted by molar-refractivity contribution is -0.157. The third kappa shape index (κ3) is 3.88. The van der Waals surface area contributed by atoms with Crippen LogP contribution in [0.1, 0.15) is 37.7 Å². The van der Waals surface area contributed by atoms with E-state index in [0.717, 1.165) is 18.4 Å². The molecule has 6 nitrogen and oxygen atoms in total. The van der Waals surface area contributed by atoms with Crippen LogP contribution in [0.4, 0.5) is 8.78 Å². The van der Waals surface area contributed by atoms with Crippen molar-refractivity contribution in [2.75, 3.05) is 13.2 Å². The molecule has 0 aromatic heterocycles. The van der Waals surface area contributed by atoms with Crippen LogP contribution >= 0.6 is 0 Å². The van der Waals surface area contributed by atoms with Crippen molar-refractivity contribution in [1.82, 2.24) is 9.62 Å².